The van der Waals surface area contributed by atoms with Crippen molar-refractivity contribution in [1.29, 1.82) is 0 Å². The molecule has 2 atom stereocenters. The van der Waals surface area contributed by atoms with E-state index in [9.17, 15) is 0 Å². The standard InChI is InChI=1S/C12H18O5/c1(5-14-7-11-9-16-11)3-13-4-2-6-15-8-12-10-17-12/h1-2,5-6,11-12H,3-4,7-10H2. The van der Waals surface area contributed by atoms with E-state index in [1.165, 1.54) is 0 Å². The lowest BCUT2D eigenvalue weighted by Crippen LogP contribution is -1.97. The van der Waals surface area contributed by atoms with Crippen LogP contribution in [0.4, 0.5) is 0 Å². The summed E-state index contributed by atoms with van der Waals surface area (Å²) < 4.78 is 25.7. The molecule has 0 amide bonds. The first kappa shape index (κ1) is 12.4. The molecule has 0 aliphatic carbocycles. The van der Waals surface area contributed by atoms with Gasteiger partial charge < -0.3 is 23.7 Å². The molecule has 5 heteroatoms. The first-order chi connectivity index (χ1) is 8.45. The number of epoxide rings is 2. The third-order valence-corrected chi connectivity index (χ3v) is 2.18. The lowest BCUT2D eigenvalue weighted by atomic mass is 10.5. The van der Waals surface area contributed by atoms with E-state index < -0.39 is 0 Å². The summed E-state index contributed by atoms with van der Waals surface area (Å²) >= 11 is 0. The fraction of sp³-hybridized carbons (Fsp3) is 0.667. The highest BCUT2D eigenvalue weighted by atomic mass is 16.6. The van der Waals surface area contributed by atoms with E-state index in [0.29, 0.717) is 38.6 Å². The zero-order chi connectivity index (χ0) is 11.8. The molecule has 2 aliphatic rings. The maximum absolute atomic E-state index is 5.28. The lowest BCUT2D eigenvalue weighted by Gasteiger charge is -1.98. The second kappa shape index (κ2) is 7.32. The van der Waals surface area contributed by atoms with Gasteiger partial charge in [-0.15, -0.1) is 0 Å². The minimum absolute atomic E-state index is 0.302. The summed E-state index contributed by atoms with van der Waals surface area (Å²) in [6, 6.07) is 0. The Hall–Kier alpha value is -1.04. The molecule has 0 spiro atoms. The van der Waals surface area contributed by atoms with Gasteiger partial charge in [0.15, 0.2) is 0 Å². The molecule has 2 saturated heterocycles. The number of rotatable bonds is 10. The number of hydrogen-bond donors (Lipinski definition) is 0. The summed E-state index contributed by atoms with van der Waals surface area (Å²) in [5, 5.41) is 0. The summed E-state index contributed by atoms with van der Waals surface area (Å²) in [6.07, 6.45) is 7.55. The highest BCUT2D eigenvalue weighted by Gasteiger charge is 2.22. The molecule has 0 saturated carbocycles. The first-order valence-corrected chi connectivity index (χ1v) is 5.79. The van der Waals surface area contributed by atoms with Crippen molar-refractivity contribution in [1.82, 2.24) is 0 Å². The van der Waals surface area contributed by atoms with Gasteiger partial charge in [0.2, 0.25) is 0 Å². The summed E-state index contributed by atoms with van der Waals surface area (Å²) in [5.74, 6) is 0. The number of hydrogen-bond acceptors (Lipinski definition) is 5. The molecule has 0 bridgehead atoms. The molecule has 96 valence electrons. The van der Waals surface area contributed by atoms with E-state index in [-0.39, 0.29) is 0 Å². The van der Waals surface area contributed by atoms with E-state index in [4.69, 9.17) is 23.7 Å². The molecular weight excluding hydrogens is 224 g/mol. The Kier molecular flexibility index (Phi) is 5.35. The van der Waals surface area contributed by atoms with Crippen LogP contribution < -0.4 is 0 Å². The van der Waals surface area contributed by atoms with Crippen molar-refractivity contribution >= 4 is 0 Å². The minimum atomic E-state index is 0.302. The molecular formula is C12H18O5. The molecule has 2 fully saturated rings. The molecule has 2 rings (SSSR count). The monoisotopic (exact) mass is 242 g/mol. The van der Waals surface area contributed by atoms with Crippen molar-refractivity contribution in [3.8, 4) is 0 Å². The quantitative estimate of drug-likeness (QED) is 0.323. The second-order valence-electron chi connectivity index (χ2n) is 3.86. The summed E-state index contributed by atoms with van der Waals surface area (Å²) in [7, 11) is 0. The van der Waals surface area contributed by atoms with Crippen LogP contribution >= 0.6 is 0 Å². The third-order valence-electron chi connectivity index (χ3n) is 2.18. The van der Waals surface area contributed by atoms with Gasteiger partial charge in [-0.1, -0.05) is 0 Å². The van der Waals surface area contributed by atoms with Crippen LogP contribution in [0.1, 0.15) is 0 Å². The van der Waals surface area contributed by atoms with Crippen LogP contribution in [0.5, 0.6) is 0 Å². The zero-order valence-corrected chi connectivity index (χ0v) is 9.75. The van der Waals surface area contributed by atoms with Gasteiger partial charge in [-0.2, -0.15) is 0 Å². The maximum Gasteiger partial charge on any atom is 0.116 e. The number of ether oxygens (including phenoxy) is 5. The van der Waals surface area contributed by atoms with E-state index in [0.717, 1.165) is 13.2 Å². The molecule has 0 aromatic heterocycles. The van der Waals surface area contributed by atoms with Gasteiger partial charge in [0, 0.05) is 0 Å². The van der Waals surface area contributed by atoms with Gasteiger partial charge in [-0.25, -0.2) is 0 Å². The average molecular weight is 242 g/mol. The van der Waals surface area contributed by atoms with Crippen LogP contribution in [-0.4, -0.2) is 51.8 Å². The Morgan fingerprint density at radius 2 is 1.35 bits per heavy atom. The van der Waals surface area contributed by atoms with Gasteiger partial charge in [0.05, 0.1) is 39.0 Å². The van der Waals surface area contributed by atoms with Crippen molar-refractivity contribution in [2.24, 2.45) is 0 Å². The van der Waals surface area contributed by atoms with E-state index in [1.54, 1.807) is 12.5 Å². The van der Waals surface area contributed by atoms with Gasteiger partial charge in [-0.05, 0) is 12.2 Å². The largest absolute Gasteiger partial charge is 0.499 e. The molecule has 5 nitrogen and oxygen atoms in total. The molecule has 17 heavy (non-hydrogen) atoms. The van der Waals surface area contributed by atoms with E-state index in [2.05, 4.69) is 0 Å². The molecule has 2 unspecified atom stereocenters. The van der Waals surface area contributed by atoms with Crippen LogP contribution in [-0.2, 0) is 23.7 Å². The molecule has 2 heterocycles. The van der Waals surface area contributed by atoms with Crippen LogP contribution in [0.2, 0.25) is 0 Å². The van der Waals surface area contributed by atoms with Crippen molar-refractivity contribution in [2.75, 3.05) is 39.6 Å². The summed E-state index contributed by atoms with van der Waals surface area (Å²) in [4.78, 5) is 0. The molecule has 0 N–H and O–H groups in total. The van der Waals surface area contributed by atoms with Crippen molar-refractivity contribution < 1.29 is 23.7 Å². The van der Waals surface area contributed by atoms with Crippen molar-refractivity contribution in [2.45, 2.75) is 12.2 Å². The van der Waals surface area contributed by atoms with Gasteiger partial charge in [-0.3, -0.25) is 0 Å². The van der Waals surface area contributed by atoms with Crippen LogP contribution in [0.3, 0.4) is 0 Å². The average Bonchev–Trinajstić information content (AvgIpc) is 3.19. The predicted molar refractivity (Wildman–Crippen MR) is 60.5 cm³/mol. The Morgan fingerprint density at radius 1 is 0.882 bits per heavy atom. The first-order valence-electron chi connectivity index (χ1n) is 5.79. The highest BCUT2D eigenvalue weighted by molar-refractivity contribution is 4.78. The van der Waals surface area contributed by atoms with Crippen molar-refractivity contribution in [3.05, 3.63) is 24.7 Å². The lowest BCUT2D eigenvalue weighted by molar-refractivity contribution is 0.176. The molecule has 0 radical (unpaired) electrons. The second-order valence-corrected chi connectivity index (χ2v) is 3.86. The van der Waals surface area contributed by atoms with Crippen molar-refractivity contribution in [3.63, 3.8) is 0 Å². The SMILES string of the molecule is C(=COCC1CO1)COCC=COCC1CO1. The Morgan fingerprint density at radius 3 is 1.76 bits per heavy atom. The Labute approximate surface area is 101 Å². The summed E-state index contributed by atoms with van der Waals surface area (Å²) in [5.41, 5.74) is 0. The van der Waals surface area contributed by atoms with Gasteiger partial charge in [0.25, 0.3) is 0 Å². The molecule has 2 aliphatic heterocycles. The summed E-state index contributed by atoms with van der Waals surface area (Å²) in [6.45, 7) is 3.96. The topological polar surface area (TPSA) is 52.8 Å². The smallest absolute Gasteiger partial charge is 0.116 e. The fourth-order valence-electron chi connectivity index (χ4n) is 1.07. The fourth-order valence-corrected chi connectivity index (χ4v) is 1.07. The van der Waals surface area contributed by atoms with Crippen LogP contribution in [0.25, 0.3) is 0 Å². The van der Waals surface area contributed by atoms with Gasteiger partial charge >= 0.3 is 0 Å². The maximum atomic E-state index is 5.28. The van der Waals surface area contributed by atoms with Gasteiger partial charge in [0.1, 0.15) is 25.4 Å². The van der Waals surface area contributed by atoms with E-state index in [1.807, 2.05) is 12.2 Å². The van der Waals surface area contributed by atoms with E-state index >= 15 is 0 Å². The molecule has 0 aromatic carbocycles. The normalized spacial score (nSPS) is 26.6. The predicted octanol–water partition coefficient (Wildman–Crippen LogP) is 0.861. The van der Waals surface area contributed by atoms with Crippen LogP contribution in [0.15, 0.2) is 24.7 Å². The zero-order valence-electron chi connectivity index (χ0n) is 9.75. The minimum Gasteiger partial charge on any atom is -0.499 e. The van der Waals surface area contributed by atoms with Crippen LogP contribution in [0, 0.1) is 0 Å². The Balaban J connectivity index is 1.32. The third kappa shape index (κ3) is 6.99. The highest BCUT2D eigenvalue weighted by Crippen LogP contribution is 2.08. The molecule has 0 aromatic rings. The Bertz CT molecular complexity index is 230.